The topological polar surface area (TPSA) is 108 Å². The highest BCUT2D eigenvalue weighted by molar-refractivity contribution is 5.88. The van der Waals surface area contributed by atoms with Gasteiger partial charge in [-0.05, 0) is 25.2 Å². The monoisotopic (exact) mass is 343 g/mol. The summed E-state index contributed by atoms with van der Waals surface area (Å²) < 4.78 is 0. The fourth-order valence-corrected chi connectivity index (χ4v) is 2.19. The van der Waals surface area contributed by atoms with Gasteiger partial charge in [0.2, 0.25) is 5.91 Å². The van der Waals surface area contributed by atoms with E-state index in [0.29, 0.717) is 31.7 Å². The third kappa shape index (κ3) is 10.1. The number of nitrogens with one attached hydrogen (secondary N) is 3. The third-order valence-corrected chi connectivity index (χ3v) is 3.67. The number of urea groups is 1. The van der Waals surface area contributed by atoms with E-state index in [2.05, 4.69) is 29.8 Å². The zero-order chi connectivity index (χ0) is 18.5. The summed E-state index contributed by atoms with van der Waals surface area (Å²) in [7, 11) is 0. The number of hydrogen-bond donors (Lipinski definition) is 4. The van der Waals surface area contributed by atoms with Gasteiger partial charge in [-0.3, -0.25) is 4.79 Å². The van der Waals surface area contributed by atoms with Crippen molar-refractivity contribution >= 4 is 17.9 Å². The number of carboxylic acids is 1. The van der Waals surface area contributed by atoms with Gasteiger partial charge in [-0.1, -0.05) is 47.0 Å². The molecule has 0 rings (SSSR count). The second kappa shape index (κ2) is 12.6. The summed E-state index contributed by atoms with van der Waals surface area (Å²) in [6, 6.07) is -2.20. The van der Waals surface area contributed by atoms with Gasteiger partial charge < -0.3 is 21.1 Å². The number of unbranched alkanes of at least 4 members (excludes halogenated alkanes) is 1. The Labute approximate surface area is 145 Å². The Hall–Kier alpha value is -1.79. The number of carbonyl (C=O) groups is 3. The third-order valence-electron chi connectivity index (χ3n) is 3.67. The summed E-state index contributed by atoms with van der Waals surface area (Å²) in [6.07, 6.45) is 4.05. The maximum atomic E-state index is 12.2. The van der Waals surface area contributed by atoms with Crippen LogP contribution < -0.4 is 16.0 Å². The molecule has 140 valence electrons. The molecule has 0 saturated heterocycles. The molecule has 0 aromatic rings. The lowest BCUT2D eigenvalue weighted by atomic mass is 10.1. The molecule has 0 saturated carbocycles. The number of carbonyl (C=O) groups excluding carboxylic acids is 2. The van der Waals surface area contributed by atoms with Crippen LogP contribution in [0.5, 0.6) is 0 Å². The van der Waals surface area contributed by atoms with Gasteiger partial charge in [0, 0.05) is 6.54 Å². The fraction of sp³-hybridized carbons (Fsp3) is 0.824. The number of hydrogen-bond acceptors (Lipinski definition) is 3. The number of rotatable bonds is 12. The lowest BCUT2D eigenvalue weighted by Crippen LogP contribution is -2.53. The first-order chi connectivity index (χ1) is 11.3. The summed E-state index contributed by atoms with van der Waals surface area (Å²) in [5.41, 5.74) is 0. The lowest BCUT2D eigenvalue weighted by molar-refractivity contribution is -0.139. The molecule has 0 aromatic heterocycles. The van der Waals surface area contributed by atoms with Gasteiger partial charge in [-0.25, -0.2) is 9.59 Å². The van der Waals surface area contributed by atoms with Crippen molar-refractivity contribution in [2.75, 3.05) is 6.54 Å². The Kier molecular flexibility index (Phi) is 11.7. The van der Waals surface area contributed by atoms with E-state index in [1.54, 1.807) is 0 Å². The smallest absolute Gasteiger partial charge is 0.326 e. The number of amides is 3. The highest BCUT2D eigenvalue weighted by Crippen LogP contribution is 2.03. The Morgan fingerprint density at radius 2 is 1.54 bits per heavy atom. The van der Waals surface area contributed by atoms with Crippen molar-refractivity contribution in [1.29, 1.82) is 0 Å². The summed E-state index contributed by atoms with van der Waals surface area (Å²) in [6.45, 7) is 8.59. The quantitative estimate of drug-likeness (QED) is 0.436. The van der Waals surface area contributed by atoms with Gasteiger partial charge in [-0.15, -0.1) is 0 Å². The van der Waals surface area contributed by atoms with Crippen molar-refractivity contribution in [2.24, 2.45) is 5.92 Å². The molecule has 0 bridgehead atoms. The van der Waals surface area contributed by atoms with Crippen LogP contribution in [0.2, 0.25) is 0 Å². The van der Waals surface area contributed by atoms with Gasteiger partial charge in [0.25, 0.3) is 0 Å². The summed E-state index contributed by atoms with van der Waals surface area (Å²) in [5.74, 6) is -0.804. The van der Waals surface area contributed by atoms with Gasteiger partial charge in [0.15, 0.2) is 0 Å². The van der Waals surface area contributed by atoms with Crippen molar-refractivity contribution < 1.29 is 19.5 Å². The second-order valence-corrected chi connectivity index (χ2v) is 6.47. The highest BCUT2D eigenvalue weighted by Gasteiger charge is 2.23. The van der Waals surface area contributed by atoms with E-state index in [0.717, 1.165) is 19.3 Å². The first-order valence-electron chi connectivity index (χ1n) is 8.89. The Morgan fingerprint density at radius 3 is 2.04 bits per heavy atom. The van der Waals surface area contributed by atoms with Crippen molar-refractivity contribution in [2.45, 2.75) is 78.3 Å². The Balaban J connectivity index is 4.53. The van der Waals surface area contributed by atoms with Gasteiger partial charge in [0.05, 0.1) is 0 Å². The molecule has 24 heavy (non-hydrogen) atoms. The van der Waals surface area contributed by atoms with E-state index in [1.807, 2.05) is 13.8 Å². The van der Waals surface area contributed by atoms with Crippen LogP contribution >= 0.6 is 0 Å². The molecule has 1 unspecified atom stereocenters. The molecule has 0 aromatic carbocycles. The van der Waals surface area contributed by atoms with Crippen LogP contribution in [0.25, 0.3) is 0 Å². The minimum Gasteiger partial charge on any atom is -0.480 e. The average Bonchev–Trinajstić information content (AvgIpc) is 2.50. The molecule has 0 fully saturated rings. The minimum absolute atomic E-state index is 0.229. The number of aliphatic carboxylic acids is 1. The van der Waals surface area contributed by atoms with Crippen LogP contribution in [0.15, 0.2) is 0 Å². The molecule has 2 atom stereocenters. The molecule has 0 aliphatic rings. The molecule has 0 spiro atoms. The van der Waals surface area contributed by atoms with Crippen LogP contribution in [-0.4, -0.2) is 41.6 Å². The zero-order valence-electron chi connectivity index (χ0n) is 15.4. The minimum atomic E-state index is -1.06. The predicted octanol–water partition coefficient (Wildman–Crippen LogP) is 2.26. The molecule has 0 aliphatic carbocycles. The van der Waals surface area contributed by atoms with Crippen LogP contribution in [0.1, 0.15) is 66.2 Å². The number of carboxylic acid groups (broad SMARTS) is 1. The van der Waals surface area contributed by atoms with Crippen LogP contribution in [0.3, 0.4) is 0 Å². The van der Waals surface area contributed by atoms with Crippen LogP contribution in [0, 0.1) is 5.92 Å². The van der Waals surface area contributed by atoms with E-state index in [1.165, 1.54) is 0 Å². The molecule has 4 N–H and O–H groups in total. The van der Waals surface area contributed by atoms with E-state index in [9.17, 15) is 14.4 Å². The normalized spacial score (nSPS) is 13.2. The van der Waals surface area contributed by atoms with Crippen molar-refractivity contribution in [3.8, 4) is 0 Å². The largest absolute Gasteiger partial charge is 0.480 e. The molecule has 0 radical (unpaired) electrons. The van der Waals surface area contributed by atoms with E-state index >= 15 is 0 Å². The Bertz CT molecular complexity index is 399. The summed E-state index contributed by atoms with van der Waals surface area (Å²) in [4.78, 5) is 35.4. The fourth-order valence-electron chi connectivity index (χ4n) is 2.19. The standard InChI is InChI=1S/C17H33N3O4/c1-5-7-9-14(16(22)23)20-17(24)19-13(8-6-2)15(21)18-11-10-12(3)4/h12-14H,5-11H2,1-4H3,(H,18,21)(H,22,23)(H2,19,20,24)/t13-,14?/m1/s1. The molecule has 7 heteroatoms. The Morgan fingerprint density at radius 1 is 0.917 bits per heavy atom. The lowest BCUT2D eigenvalue weighted by Gasteiger charge is -2.20. The molecular formula is C17H33N3O4. The van der Waals surface area contributed by atoms with Crippen LogP contribution in [-0.2, 0) is 9.59 Å². The van der Waals surface area contributed by atoms with Gasteiger partial charge in [0.1, 0.15) is 12.1 Å². The molecule has 0 heterocycles. The molecule has 7 nitrogen and oxygen atoms in total. The average molecular weight is 343 g/mol. The highest BCUT2D eigenvalue weighted by atomic mass is 16.4. The van der Waals surface area contributed by atoms with E-state index < -0.39 is 24.1 Å². The maximum absolute atomic E-state index is 12.2. The van der Waals surface area contributed by atoms with E-state index in [4.69, 9.17) is 5.11 Å². The van der Waals surface area contributed by atoms with Gasteiger partial charge >= 0.3 is 12.0 Å². The first kappa shape index (κ1) is 22.2. The SMILES string of the molecule is CCCCC(NC(=O)N[C@H](CCC)C(=O)NCCC(C)C)C(=O)O. The maximum Gasteiger partial charge on any atom is 0.326 e. The van der Waals surface area contributed by atoms with Crippen molar-refractivity contribution in [3.63, 3.8) is 0 Å². The zero-order valence-corrected chi connectivity index (χ0v) is 15.4. The van der Waals surface area contributed by atoms with Gasteiger partial charge in [-0.2, -0.15) is 0 Å². The molecular weight excluding hydrogens is 310 g/mol. The molecule has 0 aliphatic heterocycles. The van der Waals surface area contributed by atoms with Crippen molar-refractivity contribution in [1.82, 2.24) is 16.0 Å². The molecule has 3 amide bonds. The first-order valence-corrected chi connectivity index (χ1v) is 8.89. The summed E-state index contributed by atoms with van der Waals surface area (Å²) >= 11 is 0. The summed E-state index contributed by atoms with van der Waals surface area (Å²) in [5, 5.41) is 17.0. The van der Waals surface area contributed by atoms with Crippen molar-refractivity contribution in [3.05, 3.63) is 0 Å². The van der Waals surface area contributed by atoms with E-state index in [-0.39, 0.29) is 5.91 Å². The van der Waals surface area contributed by atoms with Crippen LogP contribution in [0.4, 0.5) is 4.79 Å². The predicted molar refractivity (Wildman–Crippen MR) is 93.8 cm³/mol. The second-order valence-electron chi connectivity index (χ2n) is 6.47.